The zero-order valence-electron chi connectivity index (χ0n) is 5.07. The van der Waals surface area contributed by atoms with Gasteiger partial charge in [-0.2, -0.15) is 0 Å². The monoisotopic (exact) mass is 132 g/mol. The van der Waals surface area contributed by atoms with Gasteiger partial charge in [-0.3, -0.25) is 4.79 Å². The molecule has 0 aliphatic heterocycles. The Kier molecular flexibility index (Phi) is 3.53. The largest absolute Gasteiger partial charge is 0.298 e. The van der Waals surface area contributed by atoms with Crippen molar-refractivity contribution in [1.29, 1.82) is 0 Å². The summed E-state index contributed by atoms with van der Waals surface area (Å²) in [7, 11) is 0. The van der Waals surface area contributed by atoms with Crippen molar-refractivity contribution >= 4 is 17.9 Å². The predicted molar refractivity (Wildman–Crippen MR) is 35.2 cm³/mol. The van der Waals surface area contributed by atoms with Gasteiger partial charge >= 0.3 is 0 Å². The second-order valence-electron chi connectivity index (χ2n) is 1.71. The summed E-state index contributed by atoms with van der Waals surface area (Å²) in [5, 5.41) is 0. The van der Waals surface area contributed by atoms with Gasteiger partial charge < -0.3 is 0 Å². The summed E-state index contributed by atoms with van der Waals surface area (Å²) in [5.74, 6) is 0.449. The van der Waals surface area contributed by atoms with Crippen LogP contribution in [0.3, 0.4) is 0 Å². The van der Waals surface area contributed by atoms with Gasteiger partial charge in [0.1, 0.15) is 6.29 Å². The number of halogens is 1. The average Bonchev–Trinajstić information content (AvgIpc) is 1.84. The van der Waals surface area contributed by atoms with Gasteiger partial charge in [0.25, 0.3) is 0 Å². The molecule has 0 aliphatic rings. The van der Waals surface area contributed by atoms with Crippen molar-refractivity contribution in [2.45, 2.75) is 13.8 Å². The van der Waals surface area contributed by atoms with E-state index >= 15 is 0 Å². The molecule has 0 spiro atoms. The Hall–Kier alpha value is -0.300. The third-order valence-electron chi connectivity index (χ3n) is 1.05. The smallest absolute Gasteiger partial charge is 0.145 e. The molecule has 46 valence electrons. The molecule has 0 atom stereocenters. The highest BCUT2D eigenvalue weighted by Gasteiger charge is 1.90. The van der Waals surface area contributed by atoms with E-state index in [4.69, 9.17) is 11.6 Å². The predicted octanol–water partition coefficient (Wildman–Crippen LogP) is 1.76. The van der Waals surface area contributed by atoms with Crippen LogP contribution in [0.2, 0.25) is 0 Å². The summed E-state index contributed by atoms with van der Waals surface area (Å²) in [5.41, 5.74) is 1.68. The molecule has 0 N–H and O–H groups in total. The first-order chi connectivity index (χ1) is 3.72. The molecule has 0 heterocycles. The van der Waals surface area contributed by atoms with Crippen LogP contribution in [0, 0.1) is 0 Å². The maximum absolute atomic E-state index is 9.99. The van der Waals surface area contributed by atoms with Crippen molar-refractivity contribution in [1.82, 2.24) is 0 Å². The van der Waals surface area contributed by atoms with E-state index in [0.717, 1.165) is 17.4 Å². The van der Waals surface area contributed by atoms with Crippen molar-refractivity contribution in [3.05, 3.63) is 11.1 Å². The molecule has 8 heavy (non-hydrogen) atoms. The lowest BCUT2D eigenvalue weighted by molar-refractivity contribution is -0.104. The number of aldehydes is 1. The number of carbonyl (C=O) groups is 1. The van der Waals surface area contributed by atoms with Crippen molar-refractivity contribution in [3.8, 4) is 0 Å². The minimum atomic E-state index is 0.449. The summed E-state index contributed by atoms with van der Waals surface area (Å²) in [6, 6.07) is 0. The fourth-order valence-corrected chi connectivity index (χ4v) is 0.417. The van der Waals surface area contributed by atoms with Gasteiger partial charge in [-0.25, -0.2) is 0 Å². The molecule has 0 unspecified atom stereocenters. The molecular weight excluding hydrogens is 124 g/mol. The first-order valence-electron chi connectivity index (χ1n) is 2.40. The van der Waals surface area contributed by atoms with E-state index in [1.54, 1.807) is 6.92 Å². The van der Waals surface area contributed by atoms with Crippen molar-refractivity contribution in [2.24, 2.45) is 0 Å². The number of hydrogen-bond acceptors (Lipinski definition) is 1. The van der Waals surface area contributed by atoms with Crippen LogP contribution in [-0.2, 0) is 4.79 Å². The Labute approximate surface area is 54.3 Å². The molecule has 0 aliphatic carbocycles. The van der Waals surface area contributed by atoms with E-state index in [1.807, 2.05) is 6.92 Å². The number of rotatable bonds is 2. The number of alkyl halides is 1. The van der Waals surface area contributed by atoms with Crippen molar-refractivity contribution < 1.29 is 4.79 Å². The Morgan fingerprint density at radius 2 is 2.12 bits per heavy atom. The lowest BCUT2D eigenvalue weighted by Crippen LogP contribution is -1.85. The molecule has 1 nitrogen and oxygen atoms in total. The maximum atomic E-state index is 9.99. The summed E-state index contributed by atoms with van der Waals surface area (Å²) >= 11 is 5.41. The zero-order chi connectivity index (χ0) is 6.57. The summed E-state index contributed by atoms with van der Waals surface area (Å²) in [6.45, 7) is 3.60. The second kappa shape index (κ2) is 3.67. The van der Waals surface area contributed by atoms with Gasteiger partial charge in [0, 0.05) is 5.88 Å². The SMILES string of the molecule is C/C(C=O)=C(/C)CCl. The first kappa shape index (κ1) is 7.70. The van der Waals surface area contributed by atoms with Crippen LogP contribution in [-0.4, -0.2) is 12.2 Å². The van der Waals surface area contributed by atoms with E-state index in [2.05, 4.69) is 0 Å². The van der Waals surface area contributed by atoms with Gasteiger partial charge in [-0.15, -0.1) is 11.6 Å². The molecule has 0 aromatic rings. The summed E-state index contributed by atoms with van der Waals surface area (Å²) in [6.07, 6.45) is 0.817. The number of hydrogen-bond donors (Lipinski definition) is 0. The highest BCUT2D eigenvalue weighted by molar-refractivity contribution is 6.19. The van der Waals surface area contributed by atoms with E-state index in [-0.39, 0.29) is 0 Å². The molecular formula is C6H9ClO. The Balaban J connectivity index is 4.03. The molecule has 0 saturated heterocycles. The molecule has 0 aromatic heterocycles. The topological polar surface area (TPSA) is 17.1 Å². The van der Waals surface area contributed by atoms with E-state index in [9.17, 15) is 4.79 Å². The Bertz CT molecular complexity index is 116. The quantitative estimate of drug-likeness (QED) is 0.318. The Morgan fingerprint density at radius 1 is 1.62 bits per heavy atom. The van der Waals surface area contributed by atoms with Gasteiger partial charge in [-0.05, 0) is 19.4 Å². The molecule has 0 fully saturated rings. The third kappa shape index (κ3) is 2.12. The molecule has 0 bridgehead atoms. The fraction of sp³-hybridized carbons (Fsp3) is 0.500. The minimum absolute atomic E-state index is 0.449. The lowest BCUT2D eigenvalue weighted by atomic mass is 10.2. The summed E-state index contributed by atoms with van der Waals surface area (Å²) in [4.78, 5) is 9.99. The van der Waals surface area contributed by atoms with Gasteiger partial charge in [0.15, 0.2) is 0 Å². The molecule has 0 aromatic carbocycles. The summed E-state index contributed by atoms with van der Waals surface area (Å²) < 4.78 is 0. The first-order valence-corrected chi connectivity index (χ1v) is 2.93. The van der Waals surface area contributed by atoms with Crippen LogP contribution < -0.4 is 0 Å². The maximum Gasteiger partial charge on any atom is 0.145 e. The standard InChI is InChI=1S/C6H9ClO/c1-5(3-7)6(2)4-8/h4H,3H2,1-2H3/b6-5+. The molecule has 2 heteroatoms. The van der Waals surface area contributed by atoms with E-state index in [0.29, 0.717) is 5.88 Å². The van der Waals surface area contributed by atoms with Crippen molar-refractivity contribution in [3.63, 3.8) is 0 Å². The number of allylic oxidation sites excluding steroid dienone is 2. The van der Waals surface area contributed by atoms with Crippen LogP contribution in [0.15, 0.2) is 11.1 Å². The minimum Gasteiger partial charge on any atom is -0.298 e. The van der Waals surface area contributed by atoms with E-state index in [1.165, 1.54) is 0 Å². The van der Waals surface area contributed by atoms with Crippen LogP contribution >= 0.6 is 11.6 Å². The van der Waals surface area contributed by atoms with Gasteiger partial charge in [-0.1, -0.05) is 5.57 Å². The van der Waals surface area contributed by atoms with Crippen LogP contribution in [0.5, 0.6) is 0 Å². The lowest BCUT2D eigenvalue weighted by Gasteiger charge is -1.92. The molecule has 0 radical (unpaired) electrons. The van der Waals surface area contributed by atoms with Crippen LogP contribution in [0.4, 0.5) is 0 Å². The molecule has 0 amide bonds. The molecule has 0 saturated carbocycles. The van der Waals surface area contributed by atoms with Gasteiger partial charge in [0.05, 0.1) is 0 Å². The molecule has 0 rings (SSSR count). The normalized spacial score (nSPS) is 12.9. The van der Waals surface area contributed by atoms with Gasteiger partial charge in [0.2, 0.25) is 0 Å². The number of carbonyl (C=O) groups excluding carboxylic acids is 1. The second-order valence-corrected chi connectivity index (χ2v) is 1.98. The van der Waals surface area contributed by atoms with Crippen LogP contribution in [0.25, 0.3) is 0 Å². The highest BCUT2D eigenvalue weighted by atomic mass is 35.5. The average molecular weight is 133 g/mol. The Morgan fingerprint density at radius 3 is 2.25 bits per heavy atom. The third-order valence-corrected chi connectivity index (χ3v) is 1.45. The van der Waals surface area contributed by atoms with Crippen LogP contribution in [0.1, 0.15) is 13.8 Å². The zero-order valence-corrected chi connectivity index (χ0v) is 5.83. The highest BCUT2D eigenvalue weighted by Crippen LogP contribution is 2.00. The fourth-order valence-electron chi connectivity index (χ4n) is 0.206. The van der Waals surface area contributed by atoms with E-state index < -0.39 is 0 Å². The van der Waals surface area contributed by atoms with Crippen molar-refractivity contribution in [2.75, 3.05) is 5.88 Å².